The lowest BCUT2D eigenvalue weighted by atomic mass is 10.0. The predicted molar refractivity (Wildman–Crippen MR) is 134 cm³/mol. The van der Waals surface area contributed by atoms with Crippen LogP contribution in [0.2, 0.25) is 0 Å². The van der Waals surface area contributed by atoms with E-state index in [1.165, 1.54) is 0 Å². The van der Waals surface area contributed by atoms with Gasteiger partial charge in [0.15, 0.2) is 0 Å². The molecule has 2 saturated carbocycles. The van der Waals surface area contributed by atoms with Crippen LogP contribution in [0, 0.1) is 35.5 Å². The largest absolute Gasteiger partial charge is 0.417 e. The summed E-state index contributed by atoms with van der Waals surface area (Å²) >= 11 is 0.921. The maximum atomic E-state index is 14.2. The van der Waals surface area contributed by atoms with Gasteiger partial charge in [0.05, 0.1) is 22.3 Å². The second kappa shape index (κ2) is 11.1. The Balaban J connectivity index is 1.93. The molecule has 0 aliphatic heterocycles. The maximum Gasteiger partial charge on any atom is 0.417 e. The minimum Gasteiger partial charge on any atom is -0.166 e. The Morgan fingerprint density at radius 2 is 1.05 bits per heavy atom. The van der Waals surface area contributed by atoms with Crippen LogP contribution in [0.4, 0.5) is 26.3 Å². The first-order valence-electron chi connectivity index (χ1n) is 12.7. The first kappa shape index (κ1) is 27.5. The fourth-order valence-corrected chi connectivity index (χ4v) is 5.18. The van der Waals surface area contributed by atoms with Gasteiger partial charge in [0.1, 0.15) is 0 Å². The molecule has 7 heteroatoms. The number of rotatable bonds is 6. The summed E-state index contributed by atoms with van der Waals surface area (Å²) in [7, 11) is 0. The van der Waals surface area contributed by atoms with Crippen molar-refractivity contribution in [2.75, 3.05) is 0 Å². The van der Waals surface area contributed by atoms with Gasteiger partial charge in [-0.3, -0.25) is 0 Å². The van der Waals surface area contributed by atoms with E-state index in [0.717, 1.165) is 49.6 Å². The molecule has 2 fully saturated rings. The van der Waals surface area contributed by atoms with Crippen LogP contribution in [0.3, 0.4) is 0 Å². The summed E-state index contributed by atoms with van der Waals surface area (Å²) in [5.41, 5.74) is -1.03. The Morgan fingerprint density at radius 1 is 0.676 bits per heavy atom. The van der Waals surface area contributed by atoms with Crippen molar-refractivity contribution in [3.63, 3.8) is 0 Å². The predicted octanol–water partition coefficient (Wildman–Crippen LogP) is 9.30. The molecule has 0 amide bonds. The van der Waals surface area contributed by atoms with Crippen LogP contribution in [-0.2, 0) is 25.2 Å². The van der Waals surface area contributed by atoms with Crippen LogP contribution in [0.25, 0.3) is 0 Å². The summed E-state index contributed by atoms with van der Waals surface area (Å²) in [5.74, 6) is 11.5. The molecule has 2 aromatic rings. The Bertz CT molecular complexity index is 1170. The molecule has 0 heterocycles. The second-order valence-electron chi connectivity index (χ2n) is 9.72. The van der Waals surface area contributed by atoms with Gasteiger partial charge in [-0.1, -0.05) is 62.1 Å². The van der Waals surface area contributed by atoms with Gasteiger partial charge in [-0.25, -0.2) is 0 Å². The molecule has 0 unspecified atom stereocenters. The van der Waals surface area contributed by atoms with E-state index >= 15 is 0 Å². The van der Waals surface area contributed by atoms with Gasteiger partial charge >= 0.3 is 12.4 Å². The standard InChI is InChI=1S/C30H28F6S/c1-3-5-21-15-25(29(31,32)33)23(13-11-19-7-8-19)27(17-21)37-28-18-22(6-4-2)16-26(30(34,35)36)24(28)14-12-20-9-10-20/h15-20H,3-10H2,1-2H3. The number of benzene rings is 2. The van der Waals surface area contributed by atoms with Gasteiger partial charge in [-0.2, -0.15) is 26.3 Å². The molecule has 2 aliphatic carbocycles. The van der Waals surface area contributed by atoms with E-state index in [-0.39, 0.29) is 32.8 Å². The van der Waals surface area contributed by atoms with Crippen LogP contribution in [0.15, 0.2) is 34.1 Å². The molecule has 0 bridgehead atoms. The van der Waals surface area contributed by atoms with Crippen LogP contribution >= 0.6 is 11.8 Å². The molecule has 0 aromatic heterocycles. The Kier molecular flexibility index (Phi) is 8.24. The lowest BCUT2D eigenvalue weighted by Gasteiger charge is -2.19. The zero-order chi connectivity index (χ0) is 26.8. The summed E-state index contributed by atoms with van der Waals surface area (Å²) < 4.78 is 85.0. The zero-order valence-corrected chi connectivity index (χ0v) is 21.6. The minimum absolute atomic E-state index is 0.0685. The highest BCUT2D eigenvalue weighted by Gasteiger charge is 2.37. The van der Waals surface area contributed by atoms with E-state index in [1.54, 1.807) is 12.1 Å². The molecule has 0 N–H and O–H groups in total. The fourth-order valence-electron chi connectivity index (χ4n) is 4.00. The number of alkyl halides is 6. The molecule has 2 aliphatic rings. The van der Waals surface area contributed by atoms with Gasteiger partial charge in [-0.15, -0.1) is 0 Å². The van der Waals surface area contributed by atoms with Crippen molar-refractivity contribution < 1.29 is 26.3 Å². The van der Waals surface area contributed by atoms with E-state index in [2.05, 4.69) is 23.7 Å². The number of aryl methyl sites for hydroxylation is 2. The maximum absolute atomic E-state index is 14.2. The Labute approximate surface area is 218 Å². The van der Waals surface area contributed by atoms with Crippen molar-refractivity contribution in [1.29, 1.82) is 0 Å². The normalized spacial score (nSPS) is 15.6. The summed E-state index contributed by atoms with van der Waals surface area (Å²) in [6.07, 6.45) is -3.77. The molecule has 0 nitrogen and oxygen atoms in total. The third kappa shape index (κ3) is 7.29. The highest BCUT2D eigenvalue weighted by Crippen LogP contribution is 2.44. The zero-order valence-electron chi connectivity index (χ0n) is 20.8. The van der Waals surface area contributed by atoms with E-state index in [4.69, 9.17) is 0 Å². The van der Waals surface area contributed by atoms with Gasteiger partial charge < -0.3 is 0 Å². The molecule has 4 rings (SSSR count). The molecular formula is C30H28F6S. The molecular weight excluding hydrogens is 506 g/mol. The Hall–Kier alpha value is -2.51. The van der Waals surface area contributed by atoms with Crippen molar-refractivity contribution in [2.24, 2.45) is 11.8 Å². The molecule has 2 aromatic carbocycles. The van der Waals surface area contributed by atoms with Crippen molar-refractivity contribution >= 4 is 11.8 Å². The average Bonchev–Trinajstić information content (AvgIpc) is 3.72. The third-order valence-corrected chi connectivity index (χ3v) is 7.27. The molecule has 0 spiro atoms. The lowest BCUT2D eigenvalue weighted by molar-refractivity contribution is -0.138. The highest BCUT2D eigenvalue weighted by molar-refractivity contribution is 7.99. The van der Waals surface area contributed by atoms with E-state index in [0.29, 0.717) is 36.8 Å². The smallest absolute Gasteiger partial charge is 0.166 e. The molecule has 0 atom stereocenters. The van der Waals surface area contributed by atoms with Crippen LogP contribution in [0.1, 0.15) is 85.8 Å². The fraction of sp³-hybridized carbons (Fsp3) is 0.467. The van der Waals surface area contributed by atoms with Gasteiger partial charge in [0, 0.05) is 21.6 Å². The minimum atomic E-state index is -4.64. The van der Waals surface area contributed by atoms with Crippen LogP contribution < -0.4 is 0 Å². The molecule has 37 heavy (non-hydrogen) atoms. The van der Waals surface area contributed by atoms with Gasteiger partial charge in [-0.05, 0) is 73.9 Å². The first-order chi connectivity index (χ1) is 17.5. The number of halogens is 6. The van der Waals surface area contributed by atoms with E-state index < -0.39 is 23.5 Å². The highest BCUT2D eigenvalue weighted by atomic mass is 32.2. The van der Waals surface area contributed by atoms with Crippen LogP contribution in [0.5, 0.6) is 0 Å². The molecule has 196 valence electrons. The summed E-state index contributed by atoms with van der Waals surface area (Å²) in [5, 5.41) is 0. The second-order valence-corrected chi connectivity index (χ2v) is 10.8. The summed E-state index contributed by atoms with van der Waals surface area (Å²) in [4.78, 5) is 0.449. The monoisotopic (exact) mass is 534 g/mol. The van der Waals surface area contributed by atoms with Crippen molar-refractivity contribution in [1.82, 2.24) is 0 Å². The number of hydrogen-bond donors (Lipinski definition) is 0. The van der Waals surface area contributed by atoms with Crippen molar-refractivity contribution in [2.45, 2.75) is 87.4 Å². The van der Waals surface area contributed by atoms with Gasteiger partial charge in [0.2, 0.25) is 0 Å². The number of hydrogen-bond acceptors (Lipinski definition) is 1. The topological polar surface area (TPSA) is 0 Å². The lowest BCUT2D eigenvalue weighted by Crippen LogP contribution is -2.11. The average molecular weight is 535 g/mol. The van der Waals surface area contributed by atoms with Crippen molar-refractivity contribution in [3.05, 3.63) is 57.6 Å². The summed E-state index contributed by atoms with van der Waals surface area (Å²) in [6.45, 7) is 3.74. The van der Waals surface area contributed by atoms with E-state index in [1.807, 2.05) is 13.8 Å². The molecule has 0 radical (unpaired) electrons. The Morgan fingerprint density at radius 3 is 1.35 bits per heavy atom. The van der Waals surface area contributed by atoms with Crippen LogP contribution in [-0.4, -0.2) is 0 Å². The van der Waals surface area contributed by atoms with Crippen molar-refractivity contribution in [3.8, 4) is 23.7 Å². The molecule has 0 saturated heterocycles. The van der Waals surface area contributed by atoms with E-state index in [9.17, 15) is 26.3 Å². The SMILES string of the molecule is CCCc1cc(Sc2cc(CCC)cc(C(F)(F)F)c2C#CC2CC2)c(C#CC2CC2)c(C(F)(F)F)c1. The third-order valence-electron chi connectivity index (χ3n) is 6.19. The quantitative estimate of drug-likeness (QED) is 0.263. The first-order valence-corrected chi connectivity index (χ1v) is 13.5. The summed E-state index contributed by atoms with van der Waals surface area (Å²) in [6, 6.07) is 5.57. The van der Waals surface area contributed by atoms with Gasteiger partial charge in [0.25, 0.3) is 0 Å².